The molecule has 0 spiro atoms. The molecule has 2 rings (SSSR count). The molecule has 16 heavy (non-hydrogen) atoms. The third kappa shape index (κ3) is 2.50. The van der Waals surface area contributed by atoms with Crippen LogP contribution in [-0.4, -0.2) is 23.6 Å². The molecule has 1 aromatic heterocycles. The Kier molecular flexibility index (Phi) is 3.10. The Labute approximate surface area is 102 Å². The molecule has 1 aromatic rings. The van der Waals surface area contributed by atoms with E-state index >= 15 is 0 Å². The van der Waals surface area contributed by atoms with Crippen LogP contribution in [0.5, 0.6) is 0 Å². The van der Waals surface area contributed by atoms with E-state index in [-0.39, 0.29) is 0 Å². The van der Waals surface area contributed by atoms with E-state index in [1.54, 1.807) is 6.20 Å². The molecule has 1 aliphatic rings. The molecule has 1 aliphatic carbocycles. The molecule has 1 saturated carbocycles. The topological polar surface area (TPSA) is 42.1 Å². The molecule has 0 aromatic carbocycles. The van der Waals surface area contributed by atoms with Crippen molar-refractivity contribution in [1.82, 2.24) is 4.98 Å². The highest BCUT2D eigenvalue weighted by molar-refractivity contribution is 7.80. The lowest BCUT2D eigenvalue weighted by molar-refractivity contribution is 0.719. The Bertz CT molecular complexity index is 388. The van der Waals surface area contributed by atoms with Gasteiger partial charge < -0.3 is 10.6 Å². The van der Waals surface area contributed by atoms with Crippen molar-refractivity contribution in [2.75, 3.05) is 18.5 Å². The van der Waals surface area contributed by atoms with Gasteiger partial charge in [-0.3, -0.25) is 0 Å². The van der Waals surface area contributed by atoms with Crippen LogP contribution in [-0.2, 0) is 0 Å². The number of thiocarbonyl (C=S) groups is 1. The van der Waals surface area contributed by atoms with E-state index in [4.69, 9.17) is 18.0 Å². The van der Waals surface area contributed by atoms with Gasteiger partial charge in [-0.25, -0.2) is 4.98 Å². The van der Waals surface area contributed by atoms with E-state index in [0.29, 0.717) is 4.99 Å². The normalized spacial score (nSPS) is 22.9. The molecule has 0 aliphatic heterocycles. The van der Waals surface area contributed by atoms with Crippen LogP contribution in [0.4, 0.5) is 5.82 Å². The number of aromatic nitrogens is 1. The van der Waals surface area contributed by atoms with Gasteiger partial charge in [-0.05, 0) is 30.4 Å². The van der Waals surface area contributed by atoms with Crippen molar-refractivity contribution >= 4 is 23.0 Å². The van der Waals surface area contributed by atoms with E-state index in [1.807, 2.05) is 12.1 Å². The smallest absolute Gasteiger partial charge is 0.128 e. The van der Waals surface area contributed by atoms with Gasteiger partial charge >= 0.3 is 0 Å². The summed E-state index contributed by atoms with van der Waals surface area (Å²) in [5, 5.41) is 0. The Morgan fingerprint density at radius 2 is 2.31 bits per heavy atom. The monoisotopic (exact) mass is 235 g/mol. The van der Waals surface area contributed by atoms with E-state index in [9.17, 15) is 0 Å². The summed E-state index contributed by atoms with van der Waals surface area (Å²) < 4.78 is 0. The lowest BCUT2D eigenvalue weighted by Gasteiger charge is -2.18. The van der Waals surface area contributed by atoms with Crippen molar-refractivity contribution < 1.29 is 0 Å². The summed E-state index contributed by atoms with van der Waals surface area (Å²) in [5.41, 5.74) is 6.35. The Morgan fingerprint density at radius 3 is 2.75 bits per heavy atom. The van der Waals surface area contributed by atoms with Crippen LogP contribution in [0.15, 0.2) is 18.3 Å². The first-order chi connectivity index (χ1) is 7.58. The molecule has 2 N–H and O–H groups in total. The van der Waals surface area contributed by atoms with Crippen molar-refractivity contribution in [3.63, 3.8) is 0 Å². The Morgan fingerprint density at radius 1 is 1.62 bits per heavy atom. The summed E-state index contributed by atoms with van der Waals surface area (Å²) in [7, 11) is 2.08. The molecule has 2 unspecified atom stereocenters. The summed E-state index contributed by atoms with van der Waals surface area (Å²) in [4.78, 5) is 6.96. The van der Waals surface area contributed by atoms with E-state index in [1.165, 1.54) is 6.42 Å². The molecule has 0 amide bonds. The number of hydrogen-bond acceptors (Lipinski definition) is 3. The fourth-order valence-corrected chi connectivity index (χ4v) is 1.98. The fraction of sp³-hybridized carbons (Fsp3) is 0.500. The zero-order chi connectivity index (χ0) is 11.7. The maximum atomic E-state index is 5.53. The largest absolute Gasteiger partial charge is 0.389 e. The van der Waals surface area contributed by atoms with Crippen LogP contribution in [0.25, 0.3) is 0 Å². The first-order valence-electron chi connectivity index (χ1n) is 5.55. The summed E-state index contributed by atoms with van der Waals surface area (Å²) in [6.45, 7) is 3.38. The maximum Gasteiger partial charge on any atom is 0.128 e. The Hall–Kier alpha value is -1.16. The number of anilines is 1. The van der Waals surface area contributed by atoms with Gasteiger partial charge in [0.25, 0.3) is 0 Å². The van der Waals surface area contributed by atoms with Gasteiger partial charge in [-0.1, -0.05) is 19.1 Å². The molecular formula is C12H17N3S. The van der Waals surface area contributed by atoms with Crippen LogP contribution in [0.3, 0.4) is 0 Å². The van der Waals surface area contributed by atoms with Crippen LogP contribution >= 0.6 is 12.2 Å². The van der Waals surface area contributed by atoms with Gasteiger partial charge in [-0.15, -0.1) is 0 Å². The molecule has 1 fully saturated rings. The zero-order valence-electron chi connectivity index (χ0n) is 9.68. The van der Waals surface area contributed by atoms with Crippen molar-refractivity contribution in [2.24, 2.45) is 17.6 Å². The second-order valence-corrected chi connectivity index (χ2v) is 5.06. The summed E-state index contributed by atoms with van der Waals surface area (Å²) >= 11 is 4.89. The third-order valence-corrected chi connectivity index (χ3v) is 3.44. The predicted molar refractivity (Wildman–Crippen MR) is 70.7 cm³/mol. The maximum absolute atomic E-state index is 5.53. The second-order valence-electron chi connectivity index (χ2n) is 4.62. The molecular weight excluding hydrogens is 218 g/mol. The number of rotatable bonds is 4. The van der Waals surface area contributed by atoms with Crippen LogP contribution in [0, 0.1) is 11.8 Å². The molecule has 2 atom stereocenters. The van der Waals surface area contributed by atoms with Gasteiger partial charge in [0.15, 0.2) is 0 Å². The Balaban J connectivity index is 2.00. The lowest BCUT2D eigenvalue weighted by Crippen LogP contribution is -2.22. The fourth-order valence-electron chi connectivity index (χ4n) is 1.86. The van der Waals surface area contributed by atoms with E-state index in [0.717, 1.165) is 29.8 Å². The molecule has 0 bridgehead atoms. The SMILES string of the molecule is CC1CC1CN(C)c1ccc(C(N)=S)cn1. The first-order valence-corrected chi connectivity index (χ1v) is 5.95. The minimum absolute atomic E-state index is 0.400. The minimum atomic E-state index is 0.400. The van der Waals surface area contributed by atoms with Gasteiger partial charge in [0.2, 0.25) is 0 Å². The standard InChI is InChI=1S/C12H17N3S/c1-8-5-10(8)7-15(2)11-4-3-9(6-14-11)12(13)16/h3-4,6,8,10H,5,7H2,1-2H3,(H2,13,16). The summed E-state index contributed by atoms with van der Waals surface area (Å²) in [5.74, 6) is 2.69. The molecule has 86 valence electrons. The predicted octanol–water partition coefficient (Wildman–Crippen LogP) is 1.81. The minimum Gasteiger partial charge on any atom is -0.389 e. The molecule has 3 nitrogen and oxygen atoms in total. The number of hydrogen-bond donors (Lipinski definition) is 1. The lowest BCUT2D eigenvalue weighted by atomic mass is 10.2. The van der Waals surface area contributed by atoms with E-state index < -0.39 is 0 Å². The second kappa shape index (κ2) is 4.37. The van der Waals surface area contributed by atoms with Crippen LogP contribution in [0.2, 0.25) is 0 Å². The van der Waals surface area contributed by atoms with Gasteiger partial charge in [0.1, 0.15) is 10.8 Å². The van der Waals surface area contributed by atoms with Gasteiger partial charge in [0, 0.05) is 25.4 Å². The number of pyridine rings is 1. The van der Waals surface area contributed by atoms with E-state index in [2.05, 4.69) is 23.9 Å². The van der Waals surface area contributed by atoms with Crippen LogP contribution < -0.4 is 10.6 Å². The van der Waals surface area contributed by atoms with Crippen LogP contribution in [0.1, 0.15) is 18.9 Å². The average molecular weight is 235 g/mol. The highest BCUT2D eigenvalue weighted by atomic mass is 32.1. The molecule has 1 heterocycles. The molecule has 4 heteroatoms. The third-order valence-electron chi connectivity index (χ3n) is 3.21. The van der Waals surface area contributed by atoms with Crippen molar-refractivity contribution in [3.05, 3.63) is 23.9 Å². The molecule has 0 saturated heterocycles. The van der Waals surface area contributed by atoms with Crippen molar-refractivity contribution in [2.45, 2.75) is 13.3 Å². The molecule has 0 radical (unpaired) electrons. The van der Waals surface area contributed by atoms with Crippen molar-refractivity contribution in [3.8, 4) is 0 Å². The van der Waals surface area contributed by atoms with Crippen molar-refractivity contribution in [1.29, 1.82) is 0 Å². The van der Waals surface area contributed by atoms with Gasteiger partial charge in [0.05, 0.1) is 0 Å². The summed E-state index contributed by atoms with van der Waals surface area (Å²) in [6.07, 6.45) is 3.08. The highest BCUT2D eigenvalue weighted by Gasteiger charge is 2.33. The zero-order valence-corrected chi connectivity index (χ0v) is 10.5. The van der Waals surface area contributed by atoms with Gasteiger partial charge in [-0.2, -0.15) is 0 Å². The first kappa shape index (κ1) is 11.3. The number of nitrogens with two attached hydrogens (primary N) is 1. The number of nitrogens with zero attached hydrogens (tertiary/aromatic N) is 2. The quantitative estimate of drug-likeness (QED) is 0.808. The highest BCUT2D eigenvalue weighted by Crippen LogP contribution is 2.38. The average Bonchev–Trinajstić information content (AvgIpc) is 2.94. The summed E-state index contributed by atoms with van der Waals surface area (Å²) in [6, 6.07) is 3.90.